The maximum atomic E-state index is 12.4. The molecule has 1 amide bonds. The Morgan fingerprint density at radius 3 is 2.90 bits per heavy atom. The standard InChI is InChI=1S/C12H20N4O3S/c1-3-16-8-11(9(2)14-16)20(18,19)15-10-4-5-12(17)13-7-6-10/h8,10,15H,3-7H2,1-2H3,(H,13,17). The quantitative estimate of drug-likeness (QED) is 0.828. The first-order valence-electron chi connectivity index (χ1n) is 6.75. The summed E-state index contributed by atoms with van der Waals surface area (Å²) in [4.78, 5) is 11.5. The molecule has 2 rings (SSSR count). The highest BCUT2D eigenvalue weighted by Crippen LogP contribution is 2.16. The lowest BCUT2D eigenvalue weighted by Crippen LogP contribution is -2.35. The van der Waals surface area contributed by atoms with Gasteiger partial charge in [0.25, 0.3) is 0 Å². The Morgan fingerprint density at radius 1 is 1.50 bits per heavy atom. The molecule has 2 N–H and O–H groups in total. The molecule has 112 valence electrons. The predicted octanol–water partition coefficient (Wildman–Crippen LogP) is 0.158. The van der Waals surface area contributed by atoms with Gasteiger partial charge in [-0.05, 0) is 26.7 Å². The molecule has 1 aliphatic heterocycles. The van der Waals surface area contributed by atoms with Crippen LogP contribution in [0.25, 0.3) is 0 Å². The van der Waals surface area contributed by atoms with E-state index in [-0.39, 0.29) is 16.8 Å². The van der Waals surface area contributed by atoms with Crippen molar-refractivity contribution in [1.82, 2.24) is 19.8 Å². The summed E-state index contributed by atoms with van der Waals surface area (Å²) in [6.07, 6.45) is 3.01. The van der Waals surface area contributed by atoms with Crippen molar-refractivity contribution in [3.05, 3.63) is 11.9 Å². The summed E-state index contributed by atoms with van der Waals surface area (Å²) >= 11 is 0. The highest BCUT2D eigenvalue weighted by atomic mass is 32.2. The van der Waals surface area contributed by atoms with Gasteiger partial charge in [-0.1, -0.05) is 0 Å². The molecule has 1 unspecified atom stereocenters. The molecule has 0 aliphatic carbocycles. The van der Waals surface area contributed by atoms with Crippen molar-refractivity contribution >= 4 is 15.9 Å². The molecule has 0 aromatic carbocycles. The zero-order chi connectivity index (χ0) is 14.8. The first-order chi connectivity index (χ1) is 9.42. The minimum Gasteiger partial charge on any atom is -0.356 e. The van der Waals surface area contributed by atoms with Gasteiger partial charge >= 0.3 is 0 Å². The normalized spacial score (nSPS) is 20.5. The lowest BCUT2D eigenvalue weighted by Gasteiger charge is -2.15. The van der Waals surface area contributed by atoms with Gasteiger partial charge in [0.2, 0.25) is 15.9 Å². The highest BCUT2D eigenvalue weighted by Gasteiger charge is 2.25. The van der Waals surface area contributed by atoms with Crippen LogP contribution in [0.2, 0.25) is 0 Å². The number of aromatic nitrogens is 2. The number of hydrogen-bond donors (Lipinski definition) is 2. The molecule has 1 atom stereocenters. The monoisotopic (exact) mass is 300 g/mol. The van der Waals surface area contributed by atoms with Gasteiger partial charge in [-0.25, -0.2) is 13.1 Å². The maximum Gasteiger partial charge on any atom is 0.244 e. The molecule has 7 nitrogen and oxygen atoms in total. The van der Waals surface area contributed by atoms with E-state index in [1.807, 2.05) is 6.92 Å². The van der Waals surface area contributed by atoms with Crippen LogP contribution in [0, 0.1) is 6.92 Å². The SMILES string of the molecule is CCn1cc(S(=O)(=O)NC2CCNC(=O)CC2)c(C)n1. The van der Waals surface area contributed by atoms with Gasteiger partial charge in [-0.2, -0.15) is 5.10 Å². The number of amides is 1. The summed E-state index contributed by atoms with van der Waals surface area (Å²) in [6, 6.07) is -0.219. The second kappa shape index (κ2) is 5.92. The van der Waals surface area contributed by atoms with Gasteiger partial charge in [-0.15, -0.1) is 0 Å². The third-order valence-electron chi connectivity index (χ3n) is 3.37. The van der Waals surface area contributed by atoms with Crippen LogP contribution in [0.3, 0.4) is 0 Å². The summed E-state index contributed by atoms with van der Waals surface area (Å²) < 4.78 is 29.0. The molecule has 1 aliphatic rings. The topological polar surface area (TPSA) is 93.1 Å². The number of nitrogens with zero attached hydrogens (tertiary/aromatic N) is 2. The van der Waals surface area contributed by atoms with Crippen molar-refractivity contribution in [3.63, 3.8) is 0 Å². The summed E-state index contributed by atoms with van der Waals surface area (Å²) in [5, 5.41) is 6.88. The third-order valence-corrected chi connectivity index (χ3v) is 4.99. The largest absolute Gasteiger partial charge is 0.356 e. The van der Waals surface area contributed by atoms with E-state index in [1.165, 1.54) is 6.20 Å². The molecular weight excluding hydrogens is 280 g/mol. The Labute approximate surface area is 118 Å². The van der Waals surface area contributed by atoms with Crippen molar-refractivity contribution in [1.29, 1.82) is 0 Å². The van der Waals surface area contributed by atoms with Crippen LogP contribution in [0.5, 0.6) is 0 Å². The second-order valence-electron chi connectivity index (χ2n) is 4.93. The van der Waals surface area contributed by atoms with Gasteiger partial charge in [0.15, 0.2) is 0 Å². The molecule has 1 saturated heterocycles. The van der Waals surface area contributed by atoms with Crippen molar-refractivity contribution in [2.45, 2.75) is 50.6 Å². The number of rotatable bonds is 4. The van der Waals surface area contributed by atoms with Crippen molar-refractivity contribution in [2.24, 2.45) is 0 Å². The average molecular weight is 300 g/mol. The Hall–Kier alpha value is -1.41. The van der Waals surface area contributed by atoms with Crippen LogP contribution in [-0.2, 0) is 21.4 Å². The van der Waals surface area contributed by atoms with Crippen molar-refractivity contribution < 1.29 is 13.2 Å². The van der Waals surface area contributed by atoms with Gasteiger partial charge < -0.3 is 5.32 Å². The third kappa shape index (κ3) is 3.37. The van der Waals surface area contributed by atoms with Crippen LogP contribution < -0.4 is 10.0 Å². The summed E-state index contributed by atoms with van der Waals surface area (Å²) in [7, 11) is -3.59. The molecule has 2 heterocycles. The molecule has 0 radical (unpaired) electrons. The molecule has 0 bridgehead atoms. The van der Waals surface area contributed by atoms with E-state index in [0.717, 1.165) is 0 Å². The smallest absolute Gasteiger partial charge is 0.244 e. The molecule has 0 saturated carbocycles. The van der Waals surface area contributed by atoms with E-state index < -0.39 is 10.0 Å². The minimum atomic E-state index is -3.59. The Balaban J connectivity index is 2.14. The minimum absolute atomic E-state index is 0.0262. The first kappa shape index (κ1) is 15.0. The van der Waals surface area contributed by atoms with Crippen LogP contribution in [0.15, 0.2) is 11.1 Å². The Kier molecular flexibility index (Phi) is 4.44. The first-order valence-corrected chi connectivity index (χ1v) is 8.23. The van der Waals surface area contributed by atoms with Gasteiger partial charge in [-0.3, -0.25) is 9.48 Å². The van der Waals surface area contributed by atoms with Crippen molar-refractivity contribution in [3.8, 4) is 0 Å². The maximum absolute atomic E-state index is 12.4. The number of carbonyl (C=O) groups is 1. The average Bonchev–Trinajstić information content (AvgIpc) is 2.66. The van der Waals surface area contributed by atoms with E-state index in [0.29, 0.717) is 38.0 Å². The molecule has 0 spiro atoms. The highest BCUT2D eigenvalue weighted by molar-refractivity contribution is 7.89. The molecule has 1 aromatic heterocycles. The Morgan fingerprint density at radius 2 is 2.25 bits per heavy atom. The van der Waals surface area contributed by atoms with E-state index in [4.69, 9.17) is 0 Å². The predicted molar refractivity (Wildman–Crippen MR) is 73.6 cm³/mol. The lowest BCUT2D eigenvalue weighted by molar-refractivity contribution is -0.120. The van der Waals surface area contributed by atoms with Gasteiger partial charge in [0.05, 0.1) is 5.69 Å². The van der Waals surface area contributed by atoms with Gasteiger partial charge in [0.1, 0.15) is 4.90 Å². The fourth-order valence-corrected chi connectivity index (χ4v) is 3.74. The number of nitrogens with one attached hydrogen (secondary N) is 2. The molecular formula is C12H20N4O3S. The number of hydrogen-bond acceptors (Lipinski definition) is 4. The zero-order valence-corrected chi connectivity index (χ0v) is 12.5. The zero-order valence-electron chi connectivity index (χ0n) is 11.7. The molecule has 20 heavy (non-hydrogen) atoms. The number of aryl methyl sites for hydroxylation is 2. The van der Waals surface area contributed by atoms with Crippen LogP contribution in [0.1, 0.15) is 31.9 Å². The fraction of sp³-hybridized carbons (Fsp3) is 0.667. The van der Waals surface area contributed by atoms with E-state index in [2.05, 4.69) is 15.1 Å². The Bertz CT molecular complexity index is 594. The summed E-state index contributed by atoms with van der Waals surface area (Å²) in [6.45, 7) is 4.70. The lowest BCUT2D eigenvalue weighted by atomic mass is 10.1. The van der Waals surface area contributed by atoms with Gasteiger partial charge in [0, 0.05) is 31.7 Å². The molecule has 8 heteroatoms. The van der Waals surface area contributed by atoms with E-state index in [9.17, 15) is 13.2 Å². The van der Waals surface area contributed by atoms with E-state index in [1.54, 1.807) is 11.6 Å². The second-order valence-corrected chi connectivity index (χ2v) is 6.61. The molecule has 1 fully saturated rings. The van der Waals surface area contributed by atoms with Crippen LogP contribution in [0.4, 0.5) is 0 Å². The summed E-state index contributed by atoms with van der Waals surface area (Å²) in [5.41, 5.74) is 0.488. The summed E-state index contributed by atoms with van der Waals surface area (Å²) in [5.74, 6) is -0.0262. The number of sulfonamides is 1. The molecule has 1 aromatic rings. The van der Waals surface area contributed by atoms with Crippen molar-refractivity contribution in [2.75, 3.05) is 6.54 Å². The van der Waals surface area contributed by atoms with Crippen LogP contribution in [-0.4, -0.2) is 36.7 Å². The fourth-order valence-electron chi connectivity index (χ4n) is 2.25. The van der Waals surface area contributed by atoms with Crippen LogP contribution >= 0.6 is 0 Å². The number of carbonyl (C=O) groups excluding carboxylic acids is 1. The van der Waals surface area contributed by atoms with E-state index >= 15 is 0 Å².